The van der Waals surface area contributed by atoms with Gasteiger partial charge < -0.3 is 20.1 Å². The van der Waals surface area contributed by atoms with E-state index in [0.29, 0.717) is 6.61 Å². The summed E-state index contributed by atoms with van der Waals surface area (Å²) in [6.45, 7) is 0.469. The van der Waals surface area contributed by atoms with E-state index in [4.69, 9.17) is 9.84 Å². The van der Waals surface area contributed by atoms with Crippen LogP contribution in [0, 0.1) is 5.92 Å². The Balaban J connectivity index is 1.88. The minimum atomic E-state index is -0.907. The number of carboxylic acid groups (broad SMARTS) is 1. The Hall–Kier alpha value is -0.950. The number of urea groups is 1. The summed E-state index contributed by atoms with van der Waals surface area (Å²) in [6, 6.07) is -0.387. The van der Waals surface area contributed by atoms with Crippen molar-refractivity contribution in [2.24, 2.45) is 5.92 Å². The van der Waals surface area contributed by atoms with E-state index in [-0.39, 0.29) is 24.7 Å². The van der Waals surface area contributed by atoms with E-state index in [9.17, 15) is 9.59 Å². The predicted molar refractivity (Wildman–Crippen MR) is 72.4 cm³/mol. The van der Waals surface area contributed by atoms with Gasteiger partial charge in [0, 0.05) is 18.8 Å². The molecule has 0 saturated carbocycles. The van der Waals surface area contributed by atoms with Crippen LogP contribution in [0.3, 0.4) is 0 Å². The summed E-state index contributed by atoms with van der Waals surface area (Å²) in [6.07, 6.45) is 2.11. The standard InChI is InChI=1S/C12H20N2O4S/c1-14(10-6-18-5-9(10)11(15)16)12(17)13-8-3-2-4-19-7-8/h8-10H,2-7H2,1H3,(H,13,17)(H,15,16). The number of carboxylic acids is 1. The maximum Gasteiger partial charge on any atom is 0.317 e. The second-order valence-corrected chi connectivity index (χ2v) is 6.17. The number of hydrogen-bond acceptors (Lipinski definition) is 4. The molecule has 2 N–H and O–H groups in total. The van der Waals surface area contributed by atoms with Crippen LogP contribution in [0.4, 0.5) is 4.79 Å². The molecule has 0 radical (unpaired) electrons. The third-order valence-electron chi connectivity index (χ3n) is 3.67. The smallest absolute Gasteiger partial charge is 0.317 e. The lowest BCUT2D eigenvalue weighted by Crippen LogP contribution is -2.51. The number of amides is 2. The third-order valence-corrected chi connectivity index (χ3v) is 4.89. The number of carbonyl (C=O) groups excluding carboxylic acids is 1. The zero-order valence-electron chi connectivity index (χ0n) is 11.0. The molecule has 6 nitrogen and oxygen atoms in total. The Bertz CT molecular complexity index is 347. The average molecular weight is 288 g/mol. The summed E-state index contributed by atoms with van der Waals surface area (Å²) >= 11 is 1.84. The summed E-state index contributed by atoms with van der Waals surface area (Å²) in [7, 11) is 1.64. The monoisotopic (exact) mass is 288 g/mol. The number of hydrogen-bond donors (Lipinski definition) is 2. The summed E-state index contributed by atoms with van der Waals surface area (Å²) in [5.74, 6) is 0.551. The largest absolute Gasteiger partial charge is 0.481 e. The van der Waals surface area contributed by atoms with Gasteiger partial charge >= 0.3 is 12.0 Å². The normalized spacial score (nSPS) is 30.9. The Kier molecular flexibility index (Phi) is 4.93. The molecule has 0 aromatic carbocycles. The summed E-state index contributed by atoms with van der Waals surface area (Å²) in [5, 5.41) is 12.1. The van der Waals surface area contributed by atoms with Gasteiger partial charge in [0.05, 0.1) is 19.3 Å². The molecule has 2 aliphatic rings. The van der Waals surface area contributed by atoms with Gasteiger partial charge in [-0.2, -0.15) is 11.8 Å². The van der Waals surface area contributed by atoms with Gasteiger partial charge in [-0.05, 0) is 18.6 Å². The number of ether oxygens (including phenoxy) is 1. The minimum Gasteiger partial charge on any atom is -0.481 e. The van der Waals surface area contributed by atoms with Gasteiger partial charge in [0.15, 0.2) is 0 Å². The number of nitrogens with zero attached hydrogens (tertiary/aromatic N) is 1. The molecule has 2 saturated heterocycles. The first-order chi connectivity index (χ1) is 9.09. The minimum absolute atomic E-state index is 0.177. The Morgan fingerprint density at radius 1 is 1.42 bits per heavy atom. The molecule has 7 heteroatoms. The van der Waals surface area contributed by atoms with Crippen LogP contribution in [0.25, 0.3) is 0 Å². The molecule has 0 spiro atoms. The van der Waals surface area contributed by atoms with Crippen molar-refractivity contribution in [1.29, 1.82) is 0 Å². The molecule has 2 aliphatic heterocycles. The number of likely N-dealkylation sites (N-methyl/N-ethyl adjacent to an activating group) is 1. The highest BCUT2D eigenvalue weighted by Crippen LogP contribution is 2.20. The van der Waals surface area contributed by atoms with Gasteiger partial charge in [-0.25, -0.2) is 4.79 Å². The number of carbonyl (C=O) groups is 2. The van der Waals surface area contributed by atoms with Crippen LogP contribution in [0.15, 0.2) is 0 Å². The molecular formula is C12H20N2O4S. The van der Waals surface area contributed by atoms with E-state index >= 15 is 0 Å². The van der Waals surface area contributed by atoms with Gasteiger partial charge in [0.25, 0.3) is 0 Å². The quantitative estimate of drug-likeness (QED) is 0.796. The van der Waals surface area contributed by atoms with Gasteiger partial charge in [0.2, 0.25) is 0 Å². The maximum atomic E-state index is 12.1. The third kappa shape index (κ3) is 3.54. The number of nitrogens with one attached hydrogen (secondary N) is 1. The van der Waals surface area contributed by atoms with Crippen LogP contribution in [-0.2, 0) is 9.53 Å². The first kappa shape index (κ1) is 14.5. The lowest BCUT2D eigenvalue weighted by molar-refractivity contribution is -0.142. The average Bonchev–Trinajstić information content (AvgIpc) is 2.88. The molecule has 2 rings (SSSR count). The Labute approximate surface area is 116 Å². The molecule has 0 aromatic rings. The predicted octanol–water partition coefficient (Wildman–Crippen LogP) is 0.623. The van der Waals surface area contributed by atoms with E-state index in [2.05, 4.69) is 5.32 Å². The maximum absolute atomic E-state index is 12.1. The first-order valence-corrected chi connectivity index (χ1v) is 7.66. The highest BCUT2D eigenvalue weighted by Gasteiger charge is 2.38. The van der Waals surface area contributed by atoms with Gasteiger partial charge in [0.1, 0.15) is 5.92 Å². The second-order valence-electron chi connectivity index (χ2n) is 5.02. The van der Waals surface area contributed by atoms with E-state index in [1.165, 1.54) is 4.90 Å². The van der Waals surface area contributed by atoms with Crippen molar-refractivity contribution < 1.29 is 19.4 Å². The van der Waals surface area contributed by atoms with Crippen LogP contribution < -0.4 is 5.32 Å². The van der Waals surface area contributed by atoms with E-state index in [1.807, 2.05) is 11.8 Å². The second kappa shape index (κ2) is 6.47. The SMILES string of the molecule is CN(C(=O)NC1CCCSC1)C1COCC1C(=O)O. The molecule has 2 amide bonds. The van der Waals surface area contributed by atoms with Crippen molar-refractivity contribution in [3.05, 3.63) is 0 Å². The molecule has 0 aliphatic carbocycles. The molecule has 108 valence electrons. The Morgan fingerprint density at radius 2 is 2.21 bits per heavy atom. The zero-order valence-corrected chi connectivity index (χ0v) is 11.8. The first-order valence-electron chi connectivity index (χ1n) is 6.51. The molecule has 3 unspecified atom stereocenters. The van der Waals surface area contributed by atoms with Crippen LogP contribution in [0.2, 0.25) is 0 Å². The van der Waals surface area contributed by atoms with Gasteiger partial charge in [-0.1, -0.05) is 0 Å². The highest BCUT2D eigenvalue weighted by molar-refractivity contribution is 7.99. The van der Waals surface area contributed by atoms with Gasteiger partial charge in [-0.15, -0.1) is 0 Å². The topological polar surface area (TPSA) is 78.9 Å². The molecule has 3 atom stereocenters. The number of aliphatic carboxylic acids is 1. The molecule has 0 aromatic heterocycles. The van der Waals surface area contributed by atoms with Crippen LogP contribution in [0.1, 0.15) is 12.8 Å². The summed E-state index contributed by atoms with van der Waals surface area (Å²) < 4.78 is 5.19. The van der Waals surface area contributed by atoms with Crippen LogP contribution in [-0.4, -0.2) is 65.9 Å². The molecule has 0 bridgehead atoms. The molecule has 2 fully saturated rings. The lowest BCUT2D eigenvalue weighted by Gasteiger charge is -2.30. The van der Waals surface area contributed by atoms with Crippen molar-refractivity contribution in [3.8, 4) is 0 Å². The van der Waals surface area contributed by atoms with Crippen molar-refractivity contribution in [2.45, 2.75) is 24.9 Å². The van der Waals surface area contributed by atoms with Crippen molar-refractivity contribution in [2.75, 3.05) is 31.8 Å². The Morgan fingerprint density at radius 3 is 2.84 bits per heavy atom. The van der Waals surface area contributed by atoms with E-state index < -0.39 is 11.9 Å². The highest BCUT2D eigenvalue weighted by atomic mass is 32.2. The van der Waals surface area contributed by atoms with E-state index in [1.54, 1.807) is 7.05 Å². The fourth-order valence-electron chi connectivity index (χ4n) is 2.44. The summed E-state index contributed by atoms with van der Waals surface area (Å²) in [4.78, 5) is 24.7. The number of thioether (sulfide) groups is 1. The van der Waals surface area contributed by atoms with E-state index in [0.717, 1.165) is 24.3 Å². The number of rotatable bonds is 3. The fourth-order valence-corrected chi connectivity index (χ4v) is 3.51. The lowest BCUT2D eigenvalue weighted by atomic mass is 10.0. The molecule has 2 heterocycles. The zero-order chi connectivity index (χ0) is 13.8. The van der Waals surface area contributed by atoms with Crippen LogP contribution in [0.5, 0.6) is 0 Å². The fraction of sp³-hybridized carbons (Fsp3) is 0.833. The van der Waals surface area contributed by atoms with Crippen molar-refractivity contribution in [1.82, 2.24) is 10.2 Å². The molecule has 19 heavy (non-hydrogen) atoms. The van der Waals surface area contributed by atoms with Crippen molar-refractivity contribution in [3.63, 3.8) is 0 Å². The van der Waals surface area contributed by atoms with Crippen LogP contribution >= 0.6 is 11.8 Å². The summed E-state index contributed by atoms with van der Waals surface area (Å²) in [5.41, 5.74) is 0. The van der Waals surface area contributed by atoms with Crippen molar-refractivity contribution >= 4 is 23.8 Å². The van der Waals surface area contributed by atoms with Gasteiger partial charge in [-0.3, -0.25) is 4.79 Å². The molecular weight excluding hydrogens is 268 g/mol.